The average Bonchev–Trinajstić information content (AvgIpc) is 2.11. The van der Waals surface area contributed by atoms with Gasteiger partial charge in [0.1, 0.15) is 6.04 Å². The zero-order chi connectivity index (χ0) is 12.3. The van der Waals surface area contributed by atoms with Gasteiger partial charge in [-0.25, -0.2) is 4.79 Å². The van der Waals surface area contributed by atoms with Crippen LogP contribution in [-0.2, 0) is 14.4 Å². The van der Waals surface area contributed by atoms with E-state index in [2.05, 4.69) is 5.32 Å². The highest BCUT2D eigenvalue weighted by molar-refractivity contribution is 5.92. The summed E-state index contributed by atoms with van der Waals surface area (Å²) in [6, 6.07) is -1.42. The summed E-state index contributed by atoms with van der Waals surface area (Å²) in [5, 5.41) is 19.3. The monoisotopic (exact) mass is 230 g/mol. The van der Waals surface area contributed by atoms with Crippen molar-refractivity contribution in [1.82, 2.24) is 5.32 Å². The predicted octanol–water partition coefficient (Wildman–Crippen LogP) is -1.09. The van der Waals surface area contributed by atoms with Crippen molar-refractivity contribution in [2.75, 3.05) is 0 Å². The maximum absolute atomic E-state index is 11.6. The third-order valence-electron chi connectivity index (χ3n) is 2.68. The molecule has 0 heterocycles. The van der Waals surface area contributed by atoms with Crippen LogP contribution in [0.5, 0.6) is 0 Å². The lowest BCUT2D eigenvalue weighted by Crippen LogP contribution is -2.61. The van der Waals surface area contributed by atoms with Crippen molar-refractivity contribution in [3.8, 4) is 0 Å². The molecule has 0 radical (unpaired) electrons. The Morgan fingerprint density at radius 1 is 1.31 bits per heavy atom. The summed E-state index contributed by atoms with van der Waals surface area (Å²) >= 11 is 0. The van der Waals surface area contributed by atoms with Crippen LogP contribution in [0.25, 0.3) is 0 Å². The number of nitrogens with two attached hydrogens (primary N) is 1. The quantitative estimate of drug-likeness (QED) is 0.475. The molecule has 0 spiro atoms. The number of hydrogen-bond acceptors (Lipinski definition) is 4. The molecule has 7 heteroatoms. The Labute approximate surface area is 91.6 Å². The zero-order valence-electron chi connectivity index (χ0n) is 8.60. The van der Waals surface area contributed by atoms with Gasteiger partial charge in [-0.3, -0.25) is 9.59 Å². The minimum Gasteiger partial charge on any atom is -0.481 e. The number of amides is 1. The van der Waals surface area contributed by atoms with Crippen LogP contribution in [0.4, 0.5) is 0 Å². The van der Waals surface area contributed by atoms with E-state index >= 15 is 0 Å². The molecule has 16 heavy (non-hydrogen) atoms. The molecule has 0 aromatic heterocycles. The molecule has 1 aliphatic rings. The molecule has 0 saturated heterocycles. The van der Waals surface area contributed by atoms with Crippen molar-refractivity contribution >= 4 is 17.8 Å². The number of nitrogens with one attached hydrogen (secondary N) is 1. The van der Waals surface area contributed by atoms with Crippen LogP contribution in [0.1, 0.15) is 25.7 Å². The SMILES string of the molecule is NC1(C(=O)NC(CC(=O)O)C(=O)O)CCC1. The third kappa shape index (κ3) is 2.69. The molecule has 0 aromatic rings. The maximum atomic E-state index is 11.6. The second kappa shape index (κ2) is 4.48. The van der Waals surface area contributed by atoms with Gasteiger partial charge in [-0.2, -0.15) is 0 Å². The largest absolute Gasteiger partial charge is 0.481 e. The van der Waals surface area contributed by atoms with E-state index in [-0.39, 0.29) is 0 Å². The maximum Gasteiger partial charge on any atom is 0.326 e. The molecule has 1 fully saturated rings. The first-order valence-corrected chi connectivity index (χ1v) is 4.89. The standard InChI is InChI=1S/C9H14N2O5/c10-9(2-1-3-9)8(16)11-5(7(14)15)4-6(12)13/h5H,1-4,10H2,(H,11,16)(H,12,13)(H,14,15). The van der Waals surface area contributed by atoms with Crippen molar-refractivity contribution in [3.05, 3.63) is 0 Å². The highest BCUT2D eigenvalue weighted by Gasteiger charge is 2.41. The van der Waals surface area contributed by atoms with E-state index in [4.69, 9.17) is 15.9 Å². The molecular formula is C9H14N2O5. The average molecular weight is 230 g/mol. The minimum absolute atomic E-state index is 0.498. The Bertz CT molecular complexity index is 324. The lowest BCUT2D eigenvalue weighted by atomic mass is 9.77. The molecule has 1 saturated carbocycles. The van der Waals surface area contributed by atoms with Crippen LogP contribution in [0.15, 0.2) is 0 Å². The number of carboxylic acids is 2. The molecular weight excluding hydrogens is 216 g/mol. The molecule has 90 valence electrons. The van der Waals surface area contributed by atoms with Crippen LogP contribution >= 0.6 is 0 Å². The van der Waals surface area contributed by atoms with E-state index in [0.29, 0.717) is 12.8 Å². The van der Waals surface area contributed by atoms with E-state index in [1.54, 1.807) is 0 Å². The van der Waals surface area contributed by atoms with Crippen LogP contribution in [0, 0.1) is 0 Å². The topological polar surface area (TPSA) is 130 Å². The van der Waals surface area contributed by atoms with Crippen molar-refractivity contribution in [2.45, 2.75) is 37.3 Å². The van der Waals surface area contributed by atoms with Gasteiger partial charge in [0.15, 0.2) is 0 Å². The summed E-state index contributed by atoms with van der Waals surface area (Å²) in [5.41, 5.74) is 4.65. The molecule has 0 aliphatic heterocycles. The first kappa shape index (κ1) is 12.4. The number of carboxylic acid groups (broad SMARTS) is 2. The van der Waals surface area contributed by atoms with Gasteiger partial charge in [-0.15, -0.1) is 0 Å². The van der Waals surface area contributed by atoms with E-state index in [1.807, 2.05) is 0 Å². The molecule has 1 amide bonds. The fourth-order valence-electron chi connectivity index (χ4n) is 1.46. The first-order chi connectivity index (χ1) is 7.35. The van der Waals surface area contributed by atoms with Crippen molar-refractivity contribution in [1.29, 1.82) is 0 Å². The van der Waals surface area contributed by atoms with E-state index < -0.39 is 35.8 Å². The van der Waals surface area contributed by atoms with Crippen molar-refractivity contribution in [2.24, 2.45) is 5.73 Å². The first-order valence-electron chi connectivity index (χ1n) is 4.89. The number of aliphatic carboxylic acids is 2. The molecule has 0 aromatic carbocycles. The molecule has 0 bridgehead atoms. The fraction of sp³-hybridized carbons (Fsp3) is 0.667. The highest BCUT2D eigenvalue weighted by Crippen LogP contribution is 2.29. The van der Waals surface area contributed by atoms with Crippen LogP contribution < -0.4 is 11.1 Å². The van der Waals surface area contributed by atoms with Gasteiger partial charge in [0.25, 0.3) is 0 Å². The lowest BCUT2D eigenvalue weighted by Gasteiger charge is -2.36. The van der Waals surface area contributed by atoms with Gasteiger partial charge in [0.05, 0.1) is 12.0 Å². The predicted molar refractivity (Wildman–Crippen MR) is 52.6 cm³/mol. The lowest BCUT2D eigenvalue weighted by molar-refractivity contribution is -0.148. The molecule has 5 N–H and O–H groups in total. The van der Waals surface area contributed by atoms with Gasteiger partial charge < -0.3 is 21.3 Å². The molecule has 1 rings (SSSR count). The van der Waals surface area contributed by atoms with Gasteiger partial charge in [0, 0.05) is 0 Å². The van der Waals surface area contributed by atoms with Gasteiger partial charge >= 0.3 is 11.9 Å². The van der Waals surface area contributed by atoms with Crippen molar-refractivity contribution < 1.29 is 24.6 Å². The zero-order valence-corrected chi connectivity index (χ0v) is 8.60. The van der Waals surface area contributed by atoms with Crippen LogP contribution in [-0.4, -0.2) is 39.6 Å². The Morgan fingerprint density at radius 3 is 2.19 bits per heavy atom. The number of carbonyl (C=O) groups is 3. The Morgan fingerprint density at radius 2 is 1.88 bits per heavy atom. The van der Waals surface area contributed by atoms with E-state index in [0.717, 1.165) is 6.42 Å². The molecule has 1 atom stereocenters. The minimum atomic E-state index is -1.42. The van der Waals surface area contributed by atoms with E-state index in [1.165, 1.54) is 0 Å². The summed E-state index contributed by atoms with van der Waals surface area (Å²) in [6.07, 6.45) is 1.16. The Kier molecular flexibility index (Phi) is 3.48. The Hall–Kier alpha value is -1.63. The number of carbonyl (C=O) groups excluding carboxylic acids is 1. The second-order valence-corrected chi connectivity index (χ2v) is 3.97. The molecule has 7 nitrogen and oxygen atoms in total. The van der Waals surface area contributed by atoms with Gasteiger partial charge in [0.2, 0.25) is 5.91 Å². The van der Waals surface area contributed by atoms with Crippen molar-refractivity contribution in [3.63, 3.8) is 0 Å². The van der Waals surface area contributed by atoms with Crippen LogP contribution in [0.3, 0.4) is 0 Å². The second-order valence-electron chi connectivity index (χ2n) is 3.97. The summed E-state index contributed by atoms with van der Waals surface area (Å²) in [5.74, 6) is -3.25. The Balaban J connectivity index is 2.57. The molecule has 1 unspecified atom stereocenters. The van der Waals surface area contributed by atoms with Crippen LogP contribution in [0.2, 0.25) is 0 Å². The third-order valence-corrected chi connectivity index (χ3v) is 2.68. The van der Waals surface area contributed by atoms with Gasteiger partial charge in [-0.1, -0.05) is 0 Å². The normalized spacial score (nSPS) is 19.3. The molecule has 1 aliphatic carbocycles. The summed E-state index contributed by atoms with van der Waals surface area (Å²) in [6.45, 7) is 0. The summed E-state index contributed by atoms with van der Waals surface area (Å²) in [4.78, 5) is 32.6. The summed E-state index contributed by atoms with van der Waals surface area (Å²) < 4.78 is 0. The van der Waals surface area contributed by atoms with E-state index in [9.17, 15) is 14.4 Å². The summed E-state index contributed by atoms with van der Waals surface area (Å²) in [7, 11) is 0. The van der Waals surface area contributed by atoms with Gasteiger partial charge in [-0.05, 0) is 19.3 Å². The fourth-order valence-corrected chi connectivity index (χ4v) is 1.46. The smallest absolute Gasteiger partial charge is 0.326 e. The number of hydrogen-bond donors (Lipinski definition) is 4. The number of rotatable bonds is 5. The highest BCUT2D eigenvalue weighted by atomic mass is 16.4.